The average molecular weight is 426 g/mol. The summed E-state index contributed by atoms with van der Waals surface area (Å²) in [5.41, 5.74) is 5.67. The summed E-state index contributed by atoms with van der Waals surface area (Å²) in [4.78, 5) is 22.8. The highest BCUT2D eigenvalue weighted by Crippen LogP contribution is 2.46. The second kappa shape index (κ2) is 7.83. The van der Waals surface area contributed by atoms with E-state index in [1.807, 2.05) is 41.3 Å². The number of imidazole rings is 1. The molecule has 1 saturated heterocycles. The lowest BCUT2D eigenvalue weighted by Gasteiger charge is -2.47. The Bertz CT molecular complexity index is 1280. The first-order chi connectivity index (χ1) is 15.5. The topological polar surface area (TPSA) is 69.2 Å². The summed E-state index contributed by atoms with van der Waals surface area (Å²) < 4.78 is 0. The van der Waals surface area contributed by atoms with Gasteiger partial charge < -0.3 is 15.0 Å². The van der Waals surface area contributed by atoms with Crippen LogP contribution in [0.4, 0.5) is 0 Å². The number of amides is 1. The number of aromatic nitrogens is 2. The molecule has 5 heteroatoms. The predicted octanol–water partition coefficient (Wildman–Crippen LogP) is 5.19. The van der Waals surface area contributed by atoms with Crippen LogP contribution >= 0.6 is 0 Å². The molecule has 2 unspecified atom stereocenters. The normalized spacial score (nSPS) is 21.1. The lowest BCUT2D eigenvalue weighted by atomic mass is 9.65. The molecule has 1 aromatic heterocycles. The third kappa shape index (κ3) is 3.34. The largest absolute Gasteiger partial charge is 0.508 e. The first-order valence-corrected chi connectivity index (χ1v) is 11.1. The van der Waals surface area contributed by atoms with E-state index >= 15 is 0 Å². The average Bonchev–Trinajstić information content (AvgIpc) is 3.28. The van der Waals surface area contributed by atoms with Crippen LogP contribution in [0.1, 0.15) is 46.8 Å². The molecule has 0 spiro atoms. The summed E-state index contributed by atoms with van der Waals surface area (Å²) in [6, 6.07) is 21.8. The van der Waals surface area contributed by atoms with Crippen LogP contribution in [0.5, 0.6) is 5.75 Å². The van der Waals surface area contributed by atoms with Gasteiger partial charge in [0.15, 0.2) is 0 Å². The molecule has 5 nitrogen and oxygen atoms in total. The van der Waals surface area contributed by atoms with E-state index in [1.165, 1.54) is 5.56 Å². The molecule has 162 valence electrons. The molecule has 0 bridgehead atoms. The van der Waals surface area contributed by atoms with E-state index < -0.39 is 0 Å². The number of H-pyrrole nitrogens is 1. The van der Waals surface area contributed by atoms with Gasteiger partial charge in [0.25, 0.3) is 5.91 Å². The van der Waals surface area contributed by atoms with Crippen LogP contribution in [-0.4, -0.2) is 38.5 Å². The van der Waals surface area contributed by atoms with E-state index in [2.05, 4.69) is 48.1 Å². The highest BCUT2D eigenvalue weighted by atomic mass is 16.3. The second-order valence-electron chi connectivity index (χ2n) is 8.88. The van der Waals surface area contributed by atoms with Crippen LogP contribution in [0.3, 0.4) is 0 Å². The molecule has 1 aliphatic heterocycles. The van der Waals surface area contributed by atoms with Crippen molar-refractivity contribution in [2.75, 3.05) is 6.54 Å². The van der Waals surface area contributed by atoms with E-state index in [9.17, 15) is 9.90 Å². The standard InChI is InChI=1S/C27H27N3O2/c1-18-8-10-22(31)15-23(18)27(21-6-4-3-5-7-21)12-13-30(19(2)16-27)26(32)20-9-11-24-25(14-20)29-17-28-24/h3-11,14-15,17,19,31H,12-13,16H2,1-2H3,(H,28,29). The molecule has 1 fully saturated rings. The minimum Gasteiger partial charge on any atom is -0.508 e. The van der Waals surface area contributed by atoms with Crippen molar-refractivity contribution in [3.05, 3.63) is 95.3 Å². The molecular formula is C27H27N3O2. The molecule has 1 amide bonds. The molecule has 32 heavy (non-hydrogen) atoms. The monoisotopic (exact) mass is 425 g/mol. The highest BCUT2D eigenvalue weighted by molar-refractivity contribution is 5.97. The van der Waals surface area contributed by atoms with E-state index in [1.54, 1.807) is 12.4 Å². The van der Waals surface area contributed by atoms with Gasteiger partial charge in [-0.1, -0.05) is 36.4 Å². The number of rotatable bonds is 3. The van der Waals surface area contributed by atoms with Crippen molar-refractivity contribution in [2.45, 2.75) is 38.1 Å². The summed E-state index contributed by atoms with van der Waals surface area (Å²) >= 11 is 0. The summed E-state index contributed by atoms with van der Waals surface area (Å²) in [7, 11) is 0. The fourth-order valence-electron chi connectivity index (χ4n) is 5.33. The van der Waals surface area contributed by atoms with E-state index in [4.69, 9.17) is 0 Å². The van der Waals surface area contributed by atoms with E-state index in [-0.39, 0.29) is 23.1 Å². The molecule has 3 aromatic carbocycles. The molecule has 2 N–H and O–H groups in total. The van der Waals surface area contributed by atoms with Crippen LogP contribution in [0, 0.1) is 6.92 Å². The fraction of sp³-hybridized carbons (Fsp3) is 0.259. The second-order valence-corrected chi connectivity index (χ2v) is 8.88. The number of nitrogens with zero attached hydrogens (tertiary/aromatic N) is 2. The van der Waals surface area contributed by atoms with Gasteiger partial charge in [-0.2, -0.15) is 0 Å². The number of benzene rings is 3. The van der Waals surface area contributed by atoms with Gasteiger partial charge in [0.05, 0.1) is 17.4 Å². The van der Waals surface area contributed by atoms with Crippen molar-refractivity contribution < 1.29 is 9.90 Å². The van der Waals surface area contributed by atoms with Gasteiger partial charge in [0.1, 0.15) is 5.75 Å². The number of hydrogen-bond donors (Lipinski definition) is 2. The zero-order valence-corrected chi connectivity index (χ0v) is 18.4. The van der Waals surface area contributed by atoms with Crippen LogP contribution < -0.4 is 0 Å². The van der Waals surface area contributed by atoms with Gasteiger partial charge in [-0.3, -0.25) is 4.79 Å². The Morgan fingerprint density at radius 1 is 1.12 bits per heavy atom. The Morgan fingerprint density at radius 3 is 2.72 bits per heavy atom. The number of fused-ring (bicyclic) bond motifs is 1. The quantitative estimate of drug-likeness (QED) is 0.475. The van der Waals surface area contributed by atoms with E-state index in [0.29, 0.717) is 12.1 Å². The predicted molar refractivity (Wildman–Crippen MR) is 126 cm³/mol. The van der Waals surface area contributed by atoms with Gasteiger partial charge in [-0.05, 0) is 73.7 Å². The number of carbonyl (C=O) groups is 1. The Balaban J connectivity index is 1.51. The molecule has 0 aliphatic carbocycles. The number of nitrogens with one attached hydrogen (secondary N) is 1. The van der Waals surface area contributed by atoms with Gasteiger partial charge in [-0.25, -0.2) is 4.98 Å². The van der Waals surface area contributed by atoms with Crippen molar-refractivity contribution in [3.8, 4) is 5.75 Å². The highest BCUT2D eigenvalue weighted by Gasteiger charge is 2.43. The molecule has 0 radical (unpaired) electrons. The lowest BCUT2D eigenvalue weighted by molar-refractivity contribution is 0.0568. The number of phenols is 1. The number of piperidine rings is 1. The van der Waals surface area contributed by atoms with Crippen molar-refractivity contribution >= 4 is 16.9 Å². The van der Waals surface area contributed by atoms with Crippen LogP contribution in [0.2, 0.25) is 0 Å². The van der Waals surface area contributed by atoms with Crippen LogP contribution in [0.15, 0.2) is 73.1 Å². The molecule has 2 heterocycles. The zero-order valence-electron chi connectivity index (χ0n) is 18.4. The lowest BCUT2D eigenvalue weighted by Crippen LogP contribution is -2.50. The Labute approximate surface area is 187 Å². The van der Waals surface area contributed by atoms with Gasteiger partial charge >= 0.3 is 0 Å². The Morgan fingerprint density at radius 2 is 1.94 bits per heavy atom. The fourth-order valence-corrected chi connectivity index (χ4v) is 5.33. The third-order valence-electron chi connectivity index (χ3n) is 6.95. The maximum atomic E-state index is 13.4. The van der Waals surface area contributed by atoms with Crippen molar-refractivity contribution in [1.82, 2.24) is 14.9 Å². The molecule has 5 rings (SSSR count). The minimum absolute atomic E-state index is 0.0377. The number of aryl methyl sites for hydroxylation is 1. The number of carbonyl (C=O) groups excluding carboxylic acids is 1. The summed E-state index contributed by atoms with van der Waals surface area (Å²) in [5.74, 6) is 0.322. The molecule has 4 aromatic rings. The third-order valence-corrected chi connectivity index (χ3v) is 6.95. The molecule has 1 aliphatic rings. The maximum Gasteiger partial charge on any atom is 0.254 e. The van der Waals surface area contributed by atoms with Gasteiger partial charge in [0, 0.05) is 23.6 Å². The smallest absolute Gasteiger partial charge is 0.254 e. The number of hydrogen-bond acceptors (Lipinski definition) is 3. The molecule has 0 saturated carbocycles. The zero-order chi connectivity index (χ0) is 22.3. The first kappa shape index (κ1) is 20.3. The van der Waals surface area contributed by atoms with Crippen molar-refractivity contribution in [3.63, 3.8) is 0 Å². The summed E-state index contributed by atoms with van der Waals surface area (Å²) in [6.45, 7) is 4.87. The SMILES string of the molecule is Cc1ccc(O)cc1C1(c2ccccc2)CCN(C(=O)c2ccc3nc[nH]c3c2)C(C)C1. The molecular weight excluding hydrogens is 398 g/mol. The summed E-state index contributed by atoms with van der Waals surface area (Å²) in [6.07, 6.45) is 3.23. The van der Waals surface area contributed by atoms with Crippen LogP contribution in [-0.2, 0) is 5.41 Å². The van der Waals surface area contributed by atoms with Gasteiger partial charge in [0.2, 0.25) is 0 Å². The number of phenolic OH excluding ortho intramolecular Hbond substituents is 1. The number of likely N-dealkylation sites (tertiary alicyclic amines) is 1. The summed E-state index contributed by atoms with van der Waals surface area (Å²) in [5, 5.41) is 10.3. The van der Waals surface area contributed by atoms with Crippen molar-refractivity contribution in [1.29, 1.82) is 0 Å². The Hall–Kier alpha value is -3.60. The van der Waals surface area contributed by atoms with E-state index in [0.717, 1.165) is 35.0 Å². The number of aromatic amines is 1. The van der Waals surface area contributed by atoms with Crippen molar-refractivity contribution in [2.24, 2.45) is 0 Å². The maximum absolute atomic E-state index is 13.4. The van der Waals surface area contributed by atoms with Gasteiger partial charge in [-0.15, -0.1) is 0 Å². The minimum atomic E-state index is -0.256. The number of aromatic hydroxyl groups is 1. The molecule has 2 atom stereocenters. The first-order valence-electron chi connectivity index (χ1n) is 11.1. The van der Waals surface area contributed by atoms with Crippen LogP contribution in [0.25, 0.3) is 11.0 Å². The Kier molecular flexibility index (Phi) is 4.97.